The van der Waals surface area contributed by atoms with Crippen LogP contribution in [-0.4, -0.2) is 20.6 Å². The van der Waals surface area contributed by atoms with Gasteiger partial charge in [-0.25, -0.2) is 4.39 Å². The lowest BCUT2D eigenvalue weighted by atomic mass is 10.1. The van der Waals surface area contributed by atoms with Crippen molar-refractivity contribution in [2.45, 2.75) is 13.1 Å². The van der Waals surface area contributed by atoms with E-state index < -0.39 is 17.0 Å². The Hall–Kier alpha value is -3.06. The highest BCUT2D eigenvalue weighted by Crippen LogP contribution is 2.36. The molecular weight excluding hydrogens is 494 g/mol. The van der Waals surface area contributed by atoms with Crippen LogP contribution in [0.25, 0.3) is 17.0 Å². The number of amides is 2. The molecule has 2 heterocycles. The van der Waals surface area contributed by atoms with Gasteiger partial charge in [-0.15, -0.1) is 0 Å². The van der Waals surface area contributed by atoms with Crippen LogP contribution in [0.1, 0.15) is 16.7 Å². The molecule has 1 aliphatic rings. The number of carbonyl (C=O) groups excluding carboxylic acids is 2. The molecule has 0 aliphatic carbocycles. The summed E-state index contributed by atoms with van der Waals surface area (Å²) >= 11 is 13.3. The summed E-state index contributed by atoms with van der Waals surface area (Å²) in [5.74, 6) is -1.03. The molecule has 8 heteroatoms. The quantitative estimate of drug-likeness (QED) is 0.263. The van der Waals surface area contributed by atoms with E-state index in [0.29, 0.717) is 11.6 Å². The zero-order valence-corrected chi connectivity index (χ0v) is 20.0. The lowest BCUT2D eigenvalue weighted by molar-refractivity contribution is -0.123. The minimum atomic E-state index is -0.557. The van der Waals surface area contributed by atoms with Gasteiger partial charge >= 0.3 is 0 Å². The molecule has 0 saturated carbocycles. The van der Waals surface area contributed by atoms with E-state index in [1.807, 2.05) is 54.7 Å². The molecular formula is C26H17Cl2FN2O2S. The van der Waals surface area contributed by atoms with Gasteiger partial charge in [0.15, 0.2) is 0 Å². The third-order valence-electron chi connectivity index (χ3n) is 5.66. The predicted molar refractivity (Wildman–Crippen MR) is 135 cm³/mol. The van der Waals surface area contributed by atoms with Crippen LogP contribution in [0.15, 0.2) is 77.8 Å². The summed E-state index contributed by atoms with van der Waals surface area (Å²) in [6, 6.07) is 19.7. The lowest BCUT2D eigenvalue weighted by Gasteiger charge is -2.14. The minimum absolute atomic E-state index is 0.115. The average molecular weight is 511 g/mol. The Kier molecular flexibility index (Phi) is 6.21. The molecule has 0 bridgehead atoms. The second-order valence-electron chi connectivity index (χ2n) is 7.79. The highest BCUT2D eigenvalue weighted by atomic mass is 35.5. The Morgan fingerprint density at radius 2 is 1.62 bits per heavy atom. The molecule has 5 rings (SSSR count). The Labute approximate surface area is 209 Å². The molecule has 170 valence electrons. The van der Waals surface area contributed by atoms with Crippen molar-refractivity contribution in [2.24, 2.45) is 0 Å². The van der Waals surface area contributed by atoms with Crippen molar-refractivity contribution >= 4 is 63.1 Å². The van der Waals surface area contributed by atoms with Crippen LogP contribution in [0.3, 0.4) is 0 Å². The van der Waals surface area contributed by atoms with E-state index >= 15 is 0 Å². The van der Waals surface area contributed by atoms with Crippen molar-refractivity contribution in [1.82, 2.24) is 9.47 Å². The fourth-order valence-corrected chi connectivity index (χ4v) is 5.20. The van der Waals surface area contributed by atoms with E-state index in [4.69, 9.17) is 23.2 Å². The van der Waals surface area contributed by atoms with Gasteiger partial charge in [0.25, 0.3) is 11.1 Å². The van der Waals surface area contributed by atoms with Gasteiger partial charge in [-0.1, -0.05) is 65.7 Å². The Bertz CT molecular complexity index is 1460. The predicted octanol–water partition coefficient (Wildman–Crippen LogP) is 7.37. The molecule has 0 atom stereocenters. The number of imide groups is 1. The van der Waals surface area contributed by atoms with Gasteiger partial charge in [-0.05, 0) is 47.7 Å². The minimum Gasteiger partial charge on any atom is -0.342 e. The van der Waals surface area contributed by atoms with Crippen molar-refractivity contribution in [3.63, 3.8) is 0 Å². The molecule has 1 aliphatic heterocycles. The summed E-state index contributed by atoms with van der Waals surface area (Å²) < 4.78 is 16.3. The Morgan fingerprint density at radius 3 is 2.41 bits per heavy atom. The van der Waals surface area contributed by atoms with Gasteiger partial charge in [-0.3, -0.25) is 14.5 Å². The second kappa shape index (κ2) is 9.29. The number of hydrogen-bond acceptors (Lipinski definition) is 3. The van der Waals surface area contributed by atoms with Gasteiger partial charge in [0.05, 0.1) is 11.4 Å². The molecule has 34 heavy (non-hydrogen) atoms. The SMILES string of the molecule is O=C1S/C(=C/c2cn(Cc3ccccc3Cl)c3ccccc23)C(=O)N1Cc1c(F)cccc1Cl. The van der Waals surface area contributed by atoms with Crippen LogP contribution >= 0.6 is 35.0 Å². The van der Waals surface area contributed by atoms with Crippen LogP contribution in [0, 0.1) is 5.82 Å². The zero-order chi connectivity index (χ0) is 23.8. The third kappa shape index (κ3) is 4.25. The van der Waals surface area contributed by atoms with Crippen LogP contribution < -0.4 is 0 Å². The van der Waals surface area contributed by atoms with Crippen LogP contribution in [0.2, 0.25) is 10.0 Å². The van der Waals surface area contributed by atoms with Crippen molar-refractivity contribution in [3.05, 3.63) is 110 Å². The van der Waals surface area contributed by atoms with E-state index in [9.17, 15) is 14.0 Å². The fraction of sp³-hybridized carbons (Fsp3) is 0.0769. The summed E-state index contributed by atoms with van der Waals surface area (Å²) in [6.07, 6.45) is 3.65. The molecule has 0 radical (unpaired) electrons. The van der Waals surface area contributed by atoms with E-state index in [1.165, 1.54) is 18.2 Å². The maximum absolute atomic E-state index is 14.2. The number of halogens is 3. The summed E-state index contributed by atoms with van der Waals surface area (Å²) in [6.45, 7) is 0.336. The third-order valence-corrected chi connectivity index (χ3v) is 7.29. The van der Waals surface area contributed by atoms with E-state index in [-0.39, 0.29) is 22.0 Å². The molecule has 4 nitrogen and oxygen atoms in total. The first-order valence-electron chi connectivity index (χ1n) is 10.4. The monoisotopic (exact) mass is 510 g/mol. The second-order valence-corrected chi connectivity index (χ2v) is 9.60. The highest BCUT2D eigenvalue weighted by Gasteiger charge is 2.36. The summed E-state index contributed by atoms with van der Waals surface area (Å²) in [5, 5.41) is 1.33. The number of aromatic nitrogens is 1. The van der Waals surface area contributed by atoms with Gasteiger partial charge in [0.2, 0.25) is 0 Å². The van der Waals surface area contributed by atoms with Crippen molar-refractivity contribution in [3.8, 4) is 0 Å². The van der Waals surface area contributed by atoms with Gasteiger partial charge in [0.1, 0.15) is 5.82 Å². The van der Waals surface area contributed by atoms with E-state index in [2.05, 4.69) is 4.57 Å². The van der Waals surface area contributed by atoms with E-state index in [0.717, 1.165) is 38.7 Å². The smallest absolute Gasteiger partial charge is 0.293 e. The van der Waals surface area contributed by atoms with Crippen LogP contribution in [0.5, 0.6) is 0 Å². The molecule has 0 unspecified atom stereocenters. The van der Waals surface area contributed by atoms with Crippen LogP contribution in [-0.2, 0) is 17.9 Å². The number of benzene rings is 3. The highest BCUT2D eigenvalue weighted by molar-refractivity contribution is 8.18. The number of nitrogens with zero attached hydrogens (tertiary/aromatic N) is 2. The zero-order valence-electron chi connectivity index (χ0n) is 17.7. The number of fused-ring (bicyclic) bond motifs is 1. The largest absolute Gasteiger partial charge is 0.342 e. The normalized spacial score (nSPS) is 15.1. The summed E-state index contributed by atoms with van der Waals surface area (Å²) in [7, 11) is 0. The molecule has 3 aromatic carbocycles. The summed E-state index contributed by atoms with van der Waals surface area (Å²) in [5.41, 5.74) is 2.87. The number of para-hydroxylation sites is 1. The molecule has 0 spiro atoms. The number of carbonyl (C=O) groups is 2. The Morgan fingerprint density at radius 1 is 0.882 bits per heavy atom. The number of rotatable bonds is 5. The first kappa shape index (κ1) is 22.7. The lowest BCUT2D eigenvalue weighted by Crippen LogP contribution is -2.28. The summed E-state index contributed by atoms with van der Waals surface area (Å²) in [4.78, 5) is 26.9. The number of thioether (sulfide) groups is 1. The topological polar surface area (TPSA) is 42.3 Å². The van der Waals surface area contributed by atoms with Crippen molar-refractivity contribution < 1.29 is 14.0 Å². The van der Waals surface area contributed by atoms with Crippen molar-refractivity contribution in [1.29, 1.82) is 0 Å². The fourth-order valence-electron chi connectivity index (χ4n) is 3.95. The molecule has 1 saturated heterocycles. The molecule has 4 aromatic rings. The molecule has 1 fully saturated rings. The van der Waals surface area contributed by atoms with Gasteiger partial charge in [-0.2, -0.15) is 0 Å². The van der Waals surface area contributed by atoms with Gasteiger partial charge < -0.3 is 4.57 Å². The van der Waals surface area contributed by atoms with E-state index in [1.54, 1.807) is 6.08 Å². The standard InChI is InChI=1S/C26H17Cl2FN2O2S/c27-20-8-3-1-6-16(20)13-30-14-17(18-7-2-4-11-23(18)30)12-24-25(32)31(26(33)34-24)15-19-21(28)9-5-10-22(19)29/h1-12,14H,13,15H2/b24-12+. The first-order valence-corrected chi connectivity index (χ1v) is 12.0. The van der Waals surface area contributed by atoms with Crippen LogP contribution in [0.4, 0.5) is 9.18 Å². The molecule has 0 N–H and O–H groups in total. The number of hydrogen-bond donors (Lipinski definition) is 0. The first-order chi connectivity index (χ1) is 16.4. The maximum Gasteiger partial charge on any atom is 0.293 e. The average Bonchev–Trinajstić information content (AvgIpc) is 3.29. The maximum atomic E-state index is 14.2. The molecule has 2 amide bonds. The Balaban J connectivity index is 1.48. The van der Waals surface area contributed by atoms with Crippen molar-refractivity contribution in [2.75, 3.05) is 0 Å². The van der Waals surface area contributed by atoms with Gasteiger partial charge in [0, 0.05) is 44.8 Å². The molecule has 1 aromatic heterocycles.